The molecule has 7 heteroatoms. The van der Waals surface area contributed by atoms with Crippen molar-refractivity contribution in [2.24, 2.45) is 10.4 Å². The number of aromatic nitrogens is 1. The van der Waals surface area contributed by atoms with Gasteiger partial charge in [-0.05, 0) is 31.6 Å². The van der Waals surface area contributed by atoms with Crippen LogP contribution >= 0.6 is 35.3 Å². The molecular formula is C19H35IN4OS. The van der Waals surface area contributed by atoms with Crippen molar-refractivity contribution in [3.63, 3.8) is 0 Å². The summed E-state index contributed by atoms with van der Waals surface area (Å²) in [6.45, 7) is 12.0. The van der Waals surface area contributed by atoms with E-state index in [9.17, 15) is 0 Å². The fourth-order valence-electron chi connectivity index (χ4n) is 3.00. The molecule has 150 valence electrons. The van der Waals surface area contributed by atoms with Crippen LogP contribution in [0.3, 0.4) is 0 Å². The molecule has 2 N–H and O–H groups in total. The molecule has 0 saturated heterocycles. The van der Waals surface area contributed by atoms with Crippen molar-refractivity contribution < 1.29 is 4.74 Å². The number of aliphatic imine (C=N–C) groups is 1. The fraction of sp³-hybridized carbons (Fsp3) is 0.789. The van der Waals surface area contributed by atoms with E-state index in [1.807, 2.05) is 0 Å². The molecule has 1 aliphatic rings. The molecule has 1 fully saturated rings. The Morgan fingerprint density at radius 2 is 2.08 bits per heavy atom. The van der Waals surface area contributed by atoms with Gasteiger partial charge in [-0.2, -0.15) is 0 Å². The second-order valence-electron chi connectivity index (χ2n) is 8.02. The summed E-state index contributed by atoms with van der Waals surface area (Å²) in [5.74, 6) is 0.888. The molecule has 0 amide bonds. The van der Waals surface area contributed by atoms with Gasteiger partial charge >= 0.3 is 0 Å². The fourth-order valence-corrected chi connectivity index (χ4v) is 3.94. The van der Waals surface area contributed by atoms with Crippen molar-refractivity contribution in [1.82, 2.24) is 15.6 Å². The summed E-state index contributed by atoms with van der Waals surface area (Å²) < 4.78 is 5.28. The van der Waals surface area contributed by atoms with Crippen LogP contribution in [0.2, 0.25) is 0 Å². The number of halogens is 1. The number of ether oxygens (including phenoxy) is 1. The highest BCUT2D eigenvalue weighted by Crippen LogP contribution is 2.43. The van der Waals surface area contributed by atoms with Gasteiger partial charge in [0.1, 0.15) is 5.01 Å². The number of hydrogen-bond donors (Lipinski definition) is 2. The first-order valence-electron chi connectivity index (χ1n) is 9.34. The van der Waals surface area contributed by atoms with E-state index >= 15 is 0 Å². The van der Waals surface area contributed by atoms with E-state index in [-0.39, 0.29) is 29.4 Å². The lowest BCUT2D eigenvalue weighted by atomic mass is 9.67. The Hall–Kier alpha value is -0.410. The molecule has 0 aliphatic heterocycles. The topological polar surface area (TPSA) is 58.5 Å². The molecule has 1 aliphatic carbocycles. The zero-order valence-corrected chi connectivity index (χ0v) is 20.0. The zero-order chi connectivity index (χ0) is 18.3. The van der Waals surface area contributed by atoms with E-state index in [4.69, 9.17) is 14.7 Å². The van der Waals surface area contributed by atoms with E-state index in [1.165, 1.54) is 19.3 Å². The van der Waals surface area contributed by atoms with E-state index < -0.39 is 0 Å². The SMILES string of the molecule is CCNC(=NCc1nc(C(C)(C)C)cs1)NCC1(CCOC)CCC1.I. The maximum Gasteiger partial charge on any atom is 0.191 e. The first-order chi connectivity index (χ1) is 11.9. The van der Waals surface area contributed by atoms with Crippen LogP contribution in [-0.4, -0.2) is 37.7 Å². The highest BCUT2D eigenvalue weighted by Gasteiger charge is 2.36. The van der Waals surface area contributed by atoms with Crippen LogP contribution in [0.25, 0.3) is 0 Å². The van der Waals surface area contributed by atoms with Gasteiger partial charge in [-0.15, -0.1) is 35.3 Å². The van der Waals surface area contributed by atoms with Gasteiger partial charge in [0.05, 0.1) is 12.2 Å². The monoisotopic (exact) mass is 494 g/mol. The van der Waals surface area contributed by atoms with Crippen LogP contribution in [0.15, 0.2) is 10.4 Å². The second kappa shape index (κ2) is 10.8. The van der Waals surface area contributed by atoms with Gasteiger partial charge in [0, 0.05) is 37.6 Å². The highest BCUT2D eigenvalue weighted by atomic mass is 127. The molecule has 1 saturated carbocycles. The minimum atomic E-state index is 0. The Labute approximate surface area is 179 Å². The number of methoxy groups -OCH3 is 1. The Bertz CT molecular complexity index is 564. The highest BCUT2D eigenvalue weighted by molar-refractivity contribution is 14.0. The molecule has 0 aromatic carbocycles. The van der Waals surface area contributed by atoms with Crippen molar-refractivity contribution in [3.05, 3.63) is 16.1 Å². The van der Waals surface area contributed by atoms with Gasteiger partial charge in [-0.25, -0.2) is 9.98 Å². The quantitative estimate of drug-likeness (QED) is 0.321. The van der Waals surface area contributed by atoms with Gasteiger partial charge in [-0.3, -0.25) is 0 Å². The third-order valence-corrected chi connectivity index (χ3v) is 5.75. The molecule has 0 bridgehead atoms. The first kappa shape index (κ1) is 23.6. The van der Waals surface area contributed by atoms with Gasteiger partial charge in [-0.1, -0.05) is 27.2 Å². The van der Waals surface area contributed by atoms with Gasteiger partial charge in [0.2, 0.25) is 0 Å². The van der Waals surface area contributed by atoms with Gasteiger partial charge < -0.3 is 15.4 Å². The molecule has 1 aromatic heterocycles. The minimum absolute atomic E-state index is 0. The van der Waals surface area contributed by atoms with Crippen LogP contribution in [-0.2, 0) is 16.7 Å². The minimum Gasteiger partial charge on any atom is -0.385 e. The average molecular weight is 494 g/mol. The third-order valence-electron chi connectivity index (χ3n) is 4.92. The number of thiazole rings is 1. The van der Waals surface area contributed by atoms with Crippen molar-refractivity contribution >= 4 is 41.3 Å². The second-order valence-corrected chi connectivity index (χ2v) is 8.96. The molecule has 26 heavy (non-hydrogen) atoms. The molecule has 0 unspecified atom stereocenters. The summed E-state index contributed by atoms with van der Waals surface area (Å²) in [6, 6.07) is 0. The molecule has 0 radical (unpaired) electrons. The summed E-state index contributed by atoms with van der Waals surface area (Å²) >= 11 is 1.70. The number of rotatable bonds is 8. The van der Waals surface area contributed by atoms with Crippen molar-refractivity contribution in [3.8, 4) is 0 Å². The molecule has 2 rings (SSSR count). The van der Waals surface area contributed by atoms with Crippen LogP contribution in [0.1, 0.15) is 64.1 Å². The van der Waals surface area contributed by atoms with E-state index in [1.54, 1.807) is 18.4 Å². The van der Waals surface area contributed by atoms with E-state index in [2.05, 4.69) is 43.7 Å². The lowest BCUT2D eigenvalue weighted by molar-refractivity contribution is 0.0732. The van der Waals surface area contributed by atoms with Crippen LogP contribution < -0.4 is 10.6 Å². The predicted octanol–water partition coefficient (Wildman–Crippen LogP) is 4.32. The van der Waals surface area contributed by atoms with Crippen molar-refractivity contribution in [2.45, 2.75) is 65.3 Å². The summed E-state index contributed by atoms with van der Waals surface area (Å²) in [6.07, 6.45) is 5.01. The smallest absolute Gasteiger partial charge is 0.191 e. The van der Waals surface area contributed by atoms with Crippen molar-refractivity contribution in [1.29, 1.82) is 0 Å². The number of hydrogen-bond acceptors (Lipinski definition) is 4. The number of nitrogens with zero attached hydrogens (tertiary/aromatic N) is 2. The van der Waals surface area contributed by atoms with E-state index in [0.29, 0.717) is 12.0 Å². The summed E-state index contributed by atoms with van der Waals surface area (Å²) in [5, 5.41) is 10.1. The van der Waals surface area contributed by atoms with Crippen LogP contribution in [0.4, 0.5) is 0 Å². The van der Waals surface area contributed by atoms with Crippen LogP contribution in [0.5, 0.6) is 0 Å². The molecule has 1 aromatic rings. The maximum atomic E-state index is 5.28. The normalized spacial score (nSPS) is 16.6. The summed E-state index contributed by atoms with van der Waals surface area (Å²) in [5.41, 5.74) is 1.63. The van der Waals surface area contributed by atoms with Gasteiger partial charge in [0.25, 0.3) is 0 Å². The standard InChI is InChI=1S/C19H34N4OS.HI/c1-6-20-17(22-14-19(8-7-9-19)10-11-24-5)21-12-16-23-15(13-25-16)18(2,3)4;/h13H,6-12,14H2,1-5H3,(H2,20,21,22);1H. The van der Waals surface area contributed by atoms with Gasteiger partial charge in [0.15, 0.2) is 5.96 Å². The molecule has 1 heterocycles. The third kappa shape index (κ3) is 6.96. The zero-order valence-electron chi connectivity index (χ0n) is 16.9. The Morgan fingerprint density at radius 3 is 2.58 bits per heavy atom. The number of guanidine groups is 1. The maximum absolute atomic E-state index is 5.28. The Morgan fingerprint density at radius 1 is 1.35 bits per heavy atom. The van der Waals surface area contributed by atoms with E-state index in [0.717, 1.165) is 42.8 Å². The largest absolute Gasteiger partial charge is 0.385 e. The van der Waals surface area contributed by atoms with Crippen molar-refractivity contribution in [2.75, 3.05) is 26.8 Å². The number of nitrogens with one attached hydrogen (secondary N) is 2. The predicted molar refractivity (Wildman–Crippen MR) is 122 cm³/mol. The summed E-state index contributed by atoms with van der Waals surface area (Å²) in [7, 11) is 1.78. The molecule has 0 atom stereocenters. The first-order valence-corrected chi connectivity index (χ1v) is 10.2. The molecule has 5 nitrogen and oxygen atoms in total. The lowest BCUT2D eigenvalue weighted by Gasteiger charge is -2.42. The molecular weight excluding hydrogens is 459 g/mol. The van der Waals surface area contributed by atoms with Crippen LogP contribution in [0, 0.1) is 5.41 Å². The Balaban J connectivity index is 0.00000338. The Kier molecular flexibility index (Phi) is 9.82. The average Bonchev–Trinajstić information content (AvgIpc) is 3.00. The summed E-state index contributed by atoms with van der Waals surface area (Å²) in [4.78, 5) is 9.46. The molecule has 0 spiro atoms. The lowest BCUT2D eigenvalue weighted by Crippen LogP contribution is -2.46.